The number of piperidine rings is 1. The second kappa shape index (κ2) is 8.05. The molecule has 6 heteroatoms. The lowest BCUT2D eigenvalue weighted by molar-refractivity contribution is -0.141. The summed E-state index contributed by atoms with van der Waals surface area (Å²) < 4.78 is 0. The van der Waals surface area contributed by atoms with Crippen molar-refractivity contribution in [2.24, 2.45) is 0 Å². The molecule has 1 aromatic rings. The van der Waals surface area contributed by atoms with Crippen LogP contribution in [0.3, 0.4) is 0 Å². The van der Waals surface area contributed by atoms with E-state index in [2.05, 4.69) is 10.6 Å². The first kappa shape index (κ1) is 15.9. The van der Waals surface area contributed by atoms with Crippen LogP contribution in [-0.4, -0.2) is 41.1 Å². The van der Waals surface area contributed by atoms with Gasteiger partial charge in [-0.3, -0.25) is 4.79 Å². The van der Waals surface area contributed by atoms with Gasteiger partial charge in [-0.25, -0.2) is 4.79 Å². The van der Waals surface area contributed by atoms with Gasteiger partial charge >= 0.3 is 5.97 Å². The molecule has 1 aliphatic heterocycles. The number of rotatable bonds is 6. The van der Waals surface area contributed by atoms with Gasteiger partial charge < -0.3 is 15.7 Å². The molecule has 1 unspecified atom stereocenters. The van der Waals surface area contributed by atoms with Crippen molar-refractivity contribution in [2.45, 2.75) is 24.1 Å². The minimum Gasteiger partial charge on any atom is -0.479 e. The number of aliphatic carboxylic acids is 1. The molecule has 0 bridgehead atoms. The first-order valence-electron chi connectivity index (χ1n) is 7.06. The van der Waals surface area contributed by atoms with Gasteiger partial charge in [0.05, 0.1) is 5.75 Å². The quantitative estimate of drug-likeness (QED) is 0.741. The smallest absolute Gasteiger partial charge is 0.330 e. The Morgan fingerprint density at radius 2 is 1.95 bits per heavy atom. The van der Waals surface area contributed by atoms with Gasteiger partial charge in [0.1, 0.15) is 0 Å². The van der Waals surface area contributed by atoms with Gasteiger partial charge in [0.2, 0.25) is 5.91 Å². The Hall–Kier alpha value is -1.53. The fourth-order valence-corrected chi connectivity index (χ4v) is 3.33. The van der Waals surface area contributed by atoms with Gasteiger partial charge in [-0.1, -0.05) is 30.3 Å². The fraction of sp³-hybridized carbons (Fsp3) is 0.467. The van der Waals surface area contributed by atoms with Crippen LogP contribution < -0.4 is 10.6 Å². The van der Waals surface area contributed by atoms with Crippen molar-refractivity contribution in [3.63, 3.8) is 0 Å². The number of benzene rings is 1. The molecular formula is C15H20N2O3S. The monoisotopic (exact) mass is 308 g/mol. The third-order valence-corrected chi connectivity index (χ3v) is 4.79. The van der Waals surface area contributed by atoms with Gasteiger partial charge in [0.15, 0.2) is 6.04 Å². The Labute approximate surface area is 128 Å². The first-order valence-corrected chi connectivity index (χ1v) is 8.11. The van der Waals surface area contributed by atoms with Crippen molar-refractivity contribution in [1.82, 2.24) is 10.6 Å². The van der Waals surface area contributed by atoms with Crippen LogP contribution >= 0.6 is 11.8 Å². The van der Waals surface area contributed by atoms with Gasteiger partial charge in [-0.15, -0.1) is 11.8 Å². The molecule has 1 aliphatic rings. The Morgan fingerprint density at radius 3 is 2.57 bits per heavy atom. The van der Waals surface area contributed by atoms with E-state index in [1.54, 1.807) is 36.0 Å². The summed E-state index contributed by atoms with van der Waals surface area (Å²) in [7, 11) is 0. The van der Waals surface area contributed by atoms with Crippen LogP contribution in [0.1, 0.15) is 24.4 Å². The third kappa shape index (κ3) is 5.06. The van der Waals surface area contributed by atoms with Gasteiger partial charge in [-0.05, 0) is 31.5 Å². The maximum Gasteiger partial charge on any atom is 0.330 e. The van der Waals surface area contributed by atoms with E-state index in [1.165, 1.54) is 0 Å². The molecule has 0 spiro atoms. The molecule has 21 heavy (non-hydrogen) atoms. The summed E-state index contributed by atoms with van der Waals surface area (Å²) in [5, 5.41) is 15.6. The van der Waals surface area contributed by atoms with Crippen molar-refractivity contribution < 1.29 is 14.7 Å². The van der Waals surface area contributed by atoms with E-state index in [1.807, 2.05) is 6.07 Å². The Balaban J connectivity index is 1.85. The molecule has 0 saturated carbocycles. The SMILES string of the molecule is O=C(CSC1CCNCC1)NC(C(=O)O)c1ccccc1. The number of nitrogens with one attached hydrogen (secondary N) is 2. The molecule has 0 aromatic heterocycles. The lowest BCUT2D eigenvalue weighted by Crippen LogP contribution is -2.36. The summed E-state index contributed by atoms with van der Waals surface area (Å²) in [4.78, 5) is 23.3. The van der Waals surface area contributed by atoms with E-state index >= 15 is 0 Å². The first-order chi connectivity index (χ1) is 10.2. The molecule has 1 saturated heterocycles. The average molecular weight is 308 g/mol. The molecule has 1 heterocycles. The summed E-state index contributed by atoms with van der Waals surface area (Å²) in [5.41, 5.74) is 0.588. The summed E-state index contributed by atoms with van der Waals surface area (Å²) in [6.07, 6.45) is 2.11. The molecule has 1 amide bonds. The highest BCUT2D eigenvalue weighted by atomic mass is 32.2. The summed E-state index contributed by atoms with van der Waals surface area (Å²) in [6, 6.07) is 7.78. The Kier molecular flexibility index (Phi) is 6.07. The molecule has 1 fully saturated rings. The van der Waals surface area contributed by atoms with Crippen molar-refractivity contribution in [3.8, 4) is 0 Å². The normalized spacial score (nSPS) is 17.1. The molecule has 3 N–H and O–H groups in total. The summed E-state index contributed by atoms with van der Waals surface area (Å²) >= 11 is 1.61. The van der Waals surface area contributed by atoms with Crippen LogP contribution in [-0.2, 0) is 9.59 Å². The lowest BCUT2D eigenvalue weighted by Gasteiger charge is -2.22. The molecule has 1 aromatic carbocycles. The number of carboxylic acids is 1. The maximum absolute atomic E-state index is 12.0. The Morgan fingerprint density at radius 1 is 1.29 bits per heavy atom. The van der Waals surface area contributed by atoms with E-state index in [0.717, 1.165) is 25.9 Å². The minimum absolute atomic E-state index is 0.227. The standard InChI is InChI=1S/C15H20N2O3S/c18-13(10-21-12-6-8-16-9-7-12)17-14(15(19)20)11-4-2-1-3-5-11/h1-5,12,14,16H,6-10H2,(H,17,18)(H,19,20). The van der Waals surface area contributed by atoms with Gasteiger partial charge in [0.25, 0.3) is 0 Å². The van der Waals surface area contributed by atoms with E-state index in [-0.39, 0.29) is 5.91 Å². The van der Waals surface area contributed by atoms with Crippen LogP contribution in [0, 0.1) is 0 Å². The number of amides is 1. The lowest BCUT2D eigenvalue weighted by atomic mass is 10.1. The maximum atomic E-state index is 12.0. The van der Waals surface area contributed by atoms with E-state index in [0.29, 0.717) is 16.6 Å². The molecule has 0 aliphatic carbocycles. The molecule has 2 rings (SSSR count). The number of carbonyl (C=O) groups excluding carboxylic acids is 1. The highest BCUT2D eigenvalue weighted by Crippen LogP contribution is 2.20. The van der Waals surface area contributed by atoms with E-state index < -0.39 is 12.0 Å². The number of carbonyl (C=O) groups is 2. The van der Waals surface area contributed by atoms with Crippen LogP contribution in [0.4, 0.5) is 0 Å². The highest BCUT2D eigenvalue weighted by molar-refractivity contribution is 8.00. The number of hydrogen-bond donors (Lipinski definition) is 3. The van der Waals surface area contributed by atoms with Crippen molar-refractivity contribution >= 4 is 23.6 Å². The summed E-state index contributed by atoms with van der Waals surface area (Å²) in [5.74, 6) is -0.961. The zero-order valence-electron chi connectivity index (χ0n) is 11.7. The Bertz CT molecular complexity index is 475. The second-order valence-electron chi connectivity index (χ2n) is 5.01. The predicted molar refractivity (Wildman–Crippen MR) is 83.3 cm³/mol. The van der Waals surface area contributed by atoms with Crippen LogP contribution in [0.5, 0.6) is 0 Å². The van der Waals surface area contributed by atoms with Crippen molar-refractivity contribution in [1.29, 1.82) is 0 Å². The van der Waals surface area contributed by atoms with Gasteiger partial charge in [0, 0.05) is 5.25 Å². The number of hydrogen-bond acceptors (Lipinski definition) is 4. The largest absolute Gasteiger partial charge is 0.479 e. The number of thioether (sulfide) groups is 1. The minimum atomic E-state index is -1.04. The van der Waals surface area contributed by atoms with Crippen LogP contribution in [0.25, 0.3) is 0 Å². The second-order valence-corrected chi connectivity index (χ2v) is 6.30. The average Bonchev–Trinajstić information content (AvgIpc) is 2.52. The molecule has 114 valence electrons. The third-order valence-electron chi connectivity index (χ3n) is 3.42. The van der Waals surface area contributed by atoms with Crippen molar-refractivity contribution in [3.05, 3.63) is 35.9 Å². The van der Waals surface area contributed by atoms with Crippen LogP contribution in [0.15, 0.2) is 30.3 Å². The van der Waals surface area contributed by atoms with Crippen molar-refractivity contribution in [2.75, 3.05) is 18.8 Å². The summed E-state index contributed by atoms with van der Waals surface area (Å²) in [6.45, 7) is 1.97. The highest BCUT2D eigenvalue weighted by Gasteiger charge is 2.22. The molecule has 5 nitrogen and oxygen atoms in total. The number of carboxylic acid groups (broad SMARTS) is 1. The zero-order valence-corrected chi connectivity index (χ0v) is 12.6. The fourth-order valence-electron chi connectivity index (χ4n) is 2.29. The molecule has 1 atom stereocenters. The van der Waals surface area contributed by atoms with Crippen LogP contribution in [0.2, 0.25) is 0 Å². The van der Waals surface area contributed by atoms with Gasteiger partial charge in [-0.2, -0.15) is 0 Å². The molecule has 0 radical (unpaired) electrons. The predicted octanol–water partition coefficient (Wildman–Crippen LogP) is 1.41. The topological polar surface area (TPSA) is 78.4 Å². The van der Waals surface area contributed by atoms with E-state index in [9.17, 15) is 14.7 Å². The molecular weight excluding hydrogens is 288 g/mol. The van der Waals surface area contributed by atoms with E-state index in [4.69, 9.17) is 0 Å². The zero-order chi connectivity index (χ0) is 15.1.